The molecule has 0 saturated heterocycles. The van der Waals surface area contributed by atoms with Crippen molar-refractivity contribution in [1.82, 2.24) is 0 Å². The average molecular weight is 749 g/mol. The topological polar surface area (TPSA) is 78.9 Å². The highest BCUT2D eigenvalue weighted by Gasteiger charge is 2.19. The number of esters is 3. The Kier molecular flexibility index (Phi) is 39.2. The maximum absolute atomic E-state index is 12.7. The van der Waals surface area contributed by atoms with Gasteiger partial charge in [0.2, 0.25) is 0 Å². The molecule has 1 atom stereocenters. The number of ether oxygens (including phenoxy) is 3. The number of unbranched alkanes of at least 4 members (excludes halogenated alkanes) is 12. The van der Waals surface area contributed by atoms with E-state index in [2.05, 4.69) is 81.5 Å². The van der Waals surface area contributed by atoms with Crippen LogP contribution in [0.4, 0.5) is 0 Å². The number of rotatable bonds is 36. The van der Waals surface area contributed by atoms with Crippen molar-refractivity contribution in [1.29, 1.82) is 0 Å². The van der Waals surface area contributed by atoms with Gasteiger partial charge in [-0.2, -0.15) is 0 Å². The summed E-state index contributed by atoms with van der Waals surface area (Å²) in [4.78, 5) is 37.6. The van der Waals surface area contributed by atoms with E-state index in [-0.39, 0.29) is 37.5 Å². The predicted molar refractivity (Wildman–Crippen MR) is 228 cm³/mol. The van der Waals surface area contributed by atoms with Gasteiger partial charge >= 0.3 is 17.9 Å². The Morgan fingerprint density at radius 3 is 1.44 bits per heavy atom. The monoisotopic (exact) mass is 749 g/mol. The van der Waals surface area contributed by atoms with Gasteiger partial charge in [-0.25, -0.2) is 0 Å². The summed E-state index contributed by atoms with van der Waals surface area (Å²) in [5.74, 6) is -1.03. The summed E-state index contributed by atoms with van der Waals surface area (Å²) < 4.78 is 16.6. The lowest BCUT2D eigenvalue weighted by Crippen LogP contribution is -2.30. The highest BCUT2D eigenvalue weighted by atomic mass is 16.6. The first-order valence-electron chi connectivity index (χ1n) is 21.3. The Morgan fingerprint density at radius 1 is 0.407 bits per heavy atom. The van der Waals surface area contributed by atoms with Crippen LogP contribution in [-0.2, 0) is 28.6 Å². The van der Waals surface area contributed by atoms with E-state index >= 15 is 0 Å². The van der Waals surface area contributed by atoms with Gasteiger partial charge in [0.1, 0.15) is 13.2 Å². The average Bonchev–Trinajstić information content (AvgIpc) is 3.17. The Balaban J connectivity index is 4.53. The minimum absolute atomic E-state index is 0.116. The highest BCUT2D eigenvalue weighted by Crippen LogP contribution is 2.11. The molecule has 1 unspecified atom stereocenters. The molecule has 54 heavy (non-hydrogen) atoms. The summed E-state index contributed by atoms with van der Waals surface area (Å²) >= 11 is 0. The summed E-state index contributed by atoms with van der Waals surface area (Å²) in [5, 5.41) is 0. The number of hydrogen-bond donors (Lipinski definition) is 0. The second-order valence-corrected chi connectivity index (χ2v) is 13.6. The fourth-order valence-electron chi connectivity index (χ4n) is 5.23. The molecule has 0 N–H and O–H groups in total. The van der Waals surface area contributed by atoms with Crippen LogP contribution in [0.5, 0.6) is 0 Å². The smallest absolute Gasteiger partial charge is 0.306 e. The highest BCUT2D eigenvalue weighted by molar-refractivity contribution is 5.71. The van der Waals surface area contributed by atoms with E-state index < -0.39 is 6.10 Å². The molecule has 0 aliphatic rings. The molecule has 0 bridgehead atoms. The molecule has 0 radical (unpaired) electrons. The van der Waals surface area contributed by atoms with Gasteiger partial charge in [-0.05, 0) is 89.9 Å². The van der Waals surface area contributed by atoms with Crippen molar-refractivity contribution < 1.29 is 28.6 Å². The molecule has 0 amide bonds. The van der Waals surface area contributed by atoms with Crippen molar-refractivity contribution in [2.24, 2.45) is 0 Å². The number of allylic oxidation sites excluding steroid dienone is 16. The zero-order valence-corrected chi connectivity index (χ0v) is 34.4. The molecule has 0 aliphatic carbocycles. The second-order valence-electron chi connectivity index (χ2n) is 13.6. The third-order valence-electron chi connectivity index (χ3n) is 8.40. The molecular formula is C48H76O6. The van der Waals surface area contributed by atoms with E-state index in [1.165, 1.54) is 25.7 Å². The molecule has 6 nitrogen and oxygen atoms in total. The van der Waals surface area contributed by atoms with Gasteiger partial charge in [-0.3, -0.25) is 14.4 Å². The van der Waals surface area contributed by atoms with Gasteiger partial charge in [0, 0.05) is 19.3 Å². The predicted octanol–water partition coefficient (Wildman–Crippen LogP) is 13.5. The van der Waals surface area contributed by atoms with Crippen molar-refractivity contribution in [2.75, 3.05) is 13.2 Å². The molecule has 0 rings (SSSR count). The minimum Gasteiger partial charge on any atom is -0.462 e. The molecule has 304 valence electrons. The van der Waals surface area contributed by atoms with Crippen molar-refractivity contribution in [3.63, 3.8) is 0 Å². The third-order valence-corrected chi connectivity index (χ3v) is 8.40. The molecule has 0 aromatic heterocycles. The van der Waals surface area contributed by atoms with E-state index in [1.807, 2.05) is 36.5 Å². The molecule has 0 saturated carbocycles. The van der Waals surface area contributed by atoms with Crippen LogP contribution in [0, 0.1) is 0 Å². The van der Waals surface area contributed by atoms with Crippen LogP contribution in [0.3, 0.4) is 0 Å². The molecule has 0 aromatic carbocycles. The maximum atomic E-state index is 12.7. The molecule has 0 aromatic rings. The van der Waals surface area contributed by atoms with Gasteiger partial charge in [-0.1, -0.05) is 157 Å². The first-order chi connectivity index (χ1) is 26.5. The number of hydrogen-bond acceptors (Lipinski definition) is 6. The van der Waals surface area contributed by atoms with Crippen LogP contribution in [0.1, 0.15) is 168 Å². The van der Waals surface area contributed by atoms with Crippen LogP contribution in [0.2, 0.25) is 0 Å². The quantitative estimate of drug-likeness (QED) is 0.0209. The van der Waals surface area contributed by atoms with Crippen molar-refractivity contribution in [3.05, 3.63) is 97.2 Å². The molecule has 0 fully saturated rings. The minimum atomic E-state index is -0.816. The van der Waals surface area contributed by atoms with Gasteiger partial charge in [-0.15, -0.1) is 0 Å². The summed E-state index contributed by atoms with van der Waals surface area (Å²) in [6.07, 6.45) is 54.0. The van der Waals surface area contributed by atoms with Crippen molar-refractivity contribution in [3.8, 4) is 0 Å². The fraction of sp³-hybridized carbons (Fsp3) is 0.604. The third kappa shape index (κ3) is 39.5. The molecular weight excluding hydrogens is 673 g/mol. The van der Waals surface area contributed by atoms with Crippen LogP contribution < -0.4 is 0 Å². The first kappa shape index (κ1) is 50.3. The SMILES string of the molecule is CC\C=C/C=C\C=C/C=C\CCCCCC(=O)OC(COC(=O)CCC/C=C\CCCCCC)COC(=O)CCCCCC/C=C\C/C=C\C/C=C\CC. The summed E-state index contributed by atoms with van der Waals surface area (Å²) in [7, 11) is 0. The fourth-order valence-corrected chi connectivity index (χ4v) is 5.23. The Morgan fingerprint density at radius 2 is 0.833 bits per heavy atom. The lowest BCUT2D eigenvalue weighted by molar-refractivity contribution is -0.167. The molecule has 0 heterocycles. The van der Waals surface area contributed by atoms with Gasteiger partial charge < -0.3 is 14.2 Å². The van der Waals surface area contributed by atoms with Crippen LogP contribution in [-0.4, -0.2) is 37.2 Å². The standard InChI is InChI=1S/C48H76O6/c1-4-7-10-13-16-19-21-23-25-26-29-32-35-38-41-47(50)53-44-45(43-52-46(49)40-37-34-31-28-18-15-12-9-6-3)54-48(51)42-39-36-33-30-27-24-22-20-17-14-11-8-5-2/h7-8,10-11,14,16-17,19-20,22-25,27-28,31,45H,4-6,9,12-13,15,18,21,26,29-30,32-44H2,1-3H3/b10-7-,11-8-,17-14-,19-16-,22-20-,25-23-,27-24-,31-28-. The lowest BCUT2D eigenvalue weighted by atomic mass is 10.1. The summed E-state index contributed by atoms with van der Waals surface area (Å²) in [5.41, 5.74) is 0. The first-order valence-corrected chi connectivity index (χ1v) is 21.3. The number of carbonyl (C=O) groups is 3. The van der Waals surface area contributed by atoms with Gasteiger partial charge in [0.15, 0.2) is 6.10 Å². The summed E-state index contributed by atoms with van der Waals surface area (Å²) in [6.45, 7) is 6.23. The molecule has 0 aliphatic heterocycles. The van der Waals surface area contributed by atoms with Crippen molar-refractivity contribution in [2.45, 2.75) is 175 Å². The van der Waals surface area contributed by atoms with Crippen LogP contribution >= 0.6 is 0 Å². The van der Waals surface area contributed by atoms with E-state index in [0.717, 1.165) is 89.9 Å². The van der Waals surface area contributed by atoms with Crippen molar-refractivity contribution >= 4 is 17.9 Å². The van der Waals surface area contributed by atoms with E-state index in [0.29, 0.717) is 25.7 Å². The van der Waals surface area contributed by atoms with E-state index in [4.69, 9.17) is 14.2 Å². The summed E-state index contributed by atoms with van der Waals surface area (Å²) in [6, 6.07) is 0. The van der Waals surface area contributed by atoms with E-state index in [9.17, 15) is 14.4 Å². The molecule has 6 heteroatoms. The second kappa shape index (κ2) is 42.1. The van der Waals surface area contributed by atoms with Gasteiger partial charge in [0.25, 0.3) is 0 Å². The lowest BCUT2D eigenvalue weighted by Gasteiger charge is -2.18. The Hall–Kier alpha value is -3.67. The Labute approximate surface area is 330 Å². The maximum Gasteiger partial charge on any atom is 0.306 e. The zero-order valence-electron chi connectivity index (χ0n) is 34.4. The van der Waals surface area contributed by atoms with Crippen LogP contribution in [0.15, 0.2) is 97.2 Å². The number of carbonyl (C=O) groups excluding carboxylic acids is 3. The largest absolute Gasteiger partial charge is 0.462 e. The van der Waals surface area contributed by atoms with Crippen LogP contribution in [0.25, 0.3) is 0 Å². The van der Waals surface area contributed by atoms with Gasteiger partial charge in [0.05, 0.1) is 0 Å². The van der Waals surface area contributed by atoms with E-state index in [1.54, 1.807) is 0 Å². The zero-order chi connectivity index (χ0) is 39.4. The molecule has 0 spiro atoms. The Bertz CT molecular complexity index is 1140. The normalized spacial score (nSPS) is 13.0.